The van der Waals surface area contributed by atoms with E-state index in [9.17, 15) is 9.90 Å². The fourth-order valence-electron chi connectivity index (χ4n) is 2.29. The minimum absolute atomic E-state index is 0.0733. The number of fused-ring (bicyclic) bond motifs is 1. The van der Waals surface area contributed by atoms with E-state index in [0.29, 0.717) is 23.2 Å². The molecule has 6 nitrogen and oxygen atoms in total. The molecule has 3 aromatic rings. The lowest BCUT2D eigenvalue weighted by Gasteiger charge is -2.09. The maximum atomic E-state index is 11.4. The first-order chi connectivity index (χ1) is 11.6. The number of hydrogen-bond acceptors (Lipinski definition) is 5. The predicted molar refractivity (Wildman–Crippen MR) is 90.0 cm³/mol. The van der Waals surface area contributed by atoms with Crippen molar-refractivity contribution in [2.45, 2.75) is 13.3 Å². The number of phenols is 1. The van der Waals surface area contributed by atoms with Crippen LogP contribution in [0, 0.1) is 0 Å². The van der Waals surface area contributed by atoms with E-state index in [1.165, 1.54) is 4.80 Å². The van der Waals surface area contributed by atoms with E-state index in [-0.39, 0.29) is 12.4 Å². The van der Waals surface area contributed by atoms with Gasteiger partial charge in [0, 0.05) is 12.0 Å². The molecule has 0 spiro atoms. The monoisotopic (exact) mass is 323 g/mol. The zero-order valence-corrected chi connectivity index (χ0v) is 13.3. The molecule has 1 N–H and O–H groups in total. The number of carbonyl (C=O) groups is 1. The molecule has 2 aromatic carbocycles. The van der Waals surface area contributed by atoms with Gasteiger partial charge in [0.25, 0.3) is 0 Å². The molecule has 0 unspecified atom stereocenters. The number of carbonyl (C=O) groups excluding carboxylic acids is 1. The van der Waals surface area contributed by atoms with E-state index in [4.69, 9.17) is 4.74 Å². The van der Waals surface area contributed by atoms with Crippen molar-refractivity contribution in [2.75, 3.05) is 6.61 Å². The Bertz CT molecular complexity index is 882. The van der Waals surface area contributed by atoms with Gasteiger partial charge in [0.1, 0.15) is 22.5 Å². The minimum Gasteiger partial charge on any atom is -0.505 e. The first kappa shape index (κ1) is 15.7. The normalized spacial score (nSPS) is 10.7. The van der Waals surface area contributed by atoms with Gasteiger partial charge in [0.15, 0.2) is 0 Å². The maximum Gasteiger partial charge on any atom is 0.333 e. The van der Waals surface area contributed by atoms with Gasteiger partial charge in [-0.3, -0.25) is 0 Å². The maximum absolute atomic E-state index is 11.4. The van der Waals surface area contributed by atoms with Crippen LogP contribution in [0.4, 0.5) is 0 Å². The van der Waals surface area contributed by atoms with Gasteiger partial charge in [-0.15, -0.1) is 15.0 Å². The highest BCUT2D eigenvalue weighted by molar-refractivity contribution is 5.86. The fraction of sp³-hybridized carbons (Fsp3) is 0.167. The van der Waals surface area contributed by atoms with Crippen LogP contribution in [0.1, 0.15) is 12.5 Å². The molecule has 0 aliphatic carbocycles. The number of rotatable bonds is 5. The Hall–Kier alpha value is -3.15. The highest BCUT2D eigenvalue weighted by Crippen LogP contribution is 2.26. The largest absolute Gasteiger partial charge is 0.505 e. The summed E-state index contributed by atoms with van der Waals surface area (Å²) in [5.74, 6) is -0.366. The number of nitrogens with zero attached hydrogens (tertiary/aromatic N) is 3. The first-order valence-electron chi connectivity index (χ1n) is 7.52. The highest BCUT2D eigenvalue weighted by atomic mass is 16.5. The second kappa shape index (κ2) is 6.54. The third-order valence-corrected chi connectivity index (χ3v) is 3.55. The molecule has 122 valence electrons. The molecule has 1 heterocycles. The average Bonchev–Trinajstić information content (AvgIpc) is 3.00. The van der Waals surface area contributed by atoms with Gasteiger partial charge in [-0.05, 0) is 30.7 Å². The quantitative estimate of drug-likeness (QED) is 0.577. The lowest BCUT2D eigenvalue weighted by Crippen LogP contribution is -2.08. The van der Waals surface area contributed by atoms with Crippen molar-refractivity contribution in [1.82, 2.24) is 15.0 Å². The van der Waals surface area contributed by atoms with Gasteiger partial charge < -0.3 is 9.84 Å². The SMILES string of the molecule is C=C(C)C(=O)OCCc1cccc(-n2nc3ccccc3n2)c1O. The standard InChI is InChI=1S/C18H17N3O3/c1-12(2)18(23)24-11-10-13-6-5-9-16(17(13)22)21-19-14-7-3-4-8-15(14)20-21/h3-9,22H,1,10-11H2,2H3. The molecule has 0 amide bonds. The molecule has 0 saturated heterocycles. The Kier molecular flexibility index (Phi) is 4.29. The summed E-state index contributed by atoms with van der Waals surface area (Å²) in [4.78, 5) is 12.8. The van der Waals surface area contributed by atoms with E-state index in [1.54, 1.807) is 25.1 Å². The van der Waals surface area contributed by atoms with Crippen LogP contribution in [0.3, 0.4) is 0 Å². The Morgan fingerprint density at radius 3 is 2.46 bits per heavy atom. The summed E-state index contributed by atoms with van der Waals surface area (Å²) < 4.78 is 5.07. The molecule has 0 fully saturated rings. The van der Waals surface area contributed by atoms with E-state index < -0.39 is 5.97 Å². The molecule has 0 radical (unpaired) electrons. The number of ether oxygens (including phenoxy) is 1. The van der Waals surface area contributed by atoms with E-state index >= 15 is 0 Å². The number of para-hydroxylation sites is 1. The van der Waals surface area contributed by atoms with Crippen molar-refractivity contribution in [2.24, 2.45) is 0 Å². The molecule has 0 bridgehead atoms. The number of benzene rings is 2. The summed E-state index contributed by atoms with van der Waals surface area (Å²) in [6.07, 6.45) is 0.388. The first-order valence-corrected chi connectivity index (χ1v) is 7.52. The molecular formula is C18H17N3O3. The predicted octanol–water partition coefficient (Wildman–Crippen LogP) is 2.79. The third kappa shape index (κ3) is 3.12. The Balaban J connectivity index is 1.82. The third-order valence-electron chi connectivity index (χ3n) is 3.55. The van der Waals surface area contributed by atoms with Crippen LogP contribution in [-0.2, 0) is 16.0 Å². The van der Waals surface area contributed by atoms with Crippen molar-refractivity contribution in [3.05, 3.63) is 60.2 Å². The van der Waals surface area contributed by atoms with Gasteiger partial charge in [-0.25, -0.2) is 4.79 Å². The van der Waals surface area contributed by atoms with Gasteiger partial charge in [0.05, 0.1) is 6.61 Å². The summed E-state index contributed by atoms with van der Waals surface area (Å²) in [6.45, 7) is 5.28. The van der Waals surface area contributed by atoms with Crippen molar-refractivity contribution >= 4 is 17.0 Å². The summed E-state index contributed by atoms with van der Waals surface area (Å²) in [5.41, 5.74) is 2.98. The highest BCUT2D eigenvalue weighted by Gasteiger charge is 2.12. The molecule has 0 aliphatic heterocycles. The molecule has 3 rings (SSSR count). The van der Waals surface area contributed by atoms with E-state index in [0.717, 1.165) is 11.0 Å². The molecule has 0 atom stereocenters. The van der Waals surface area contributed by atoms with Crippen molar-refractivity contribution in [3.63, 3.8) is 0 Å². The summed E-state index contributed by atoms with van der Waals surface area (Å²) in [7, 11) is 0. The fourth-order valence-corrected chi connectivity index (χ4v) is 2.29. The van der Waals surface area contributed by atoms with Crippen molar-refractivity contribution < 1.29 is 14.6 Å². The van der Waals surface area contributed by atoms with Crippen LogP contribution in [-0.4, -0.2) is 32.7 Å². The Morgan fingerprint density at radius 2 is 1.83 bits per heavy atom. The van der Waals surface area contributed by atoms with Crippen LogP contribution in [0.5, 0.6) is 5.75 Å². The second-order valence-electron chi connectivity index (χ2n) is 5.43. The summed E-state index contributed by atoms with van der Waals surface area (Å²) >= 11 is 0. The molecule has 6 heteroatoms. The minimum atomic E-state index is -0.439. The zero-order valence-electron chi connectivity index (χ0n) is 13.3. The summed E-state index contributed by atoms with van der Waals surface area (Å²) in [6, 6.07) is 12.8. The van der Waals surface area contributed by atoms with Gasteiger partial charge in [-0.2, -0.15) is 0 Å². The molecule has 0 aliphatic rings. The van der Waals surface area contributed by atoms with Crippen LogP contribution in [0.15, 0.2) is 54.6 Å². The topological polar surface area (TPSA) is 77.2 Å². The molecule has 24 heavy (non-hydrogen) atoms. The Labute approximate surface area is 139 Å². The molecular weight excluding hydrogens is 306 g/mol. The second-order valence-corrected chi connectivity index (χ2v) is 5.43. The van der Waals surface area contributed by atoms with Gasteiger partial charge >= 0.3 is 5.97 Å². The van der Waals surface area contributed by atoms with Crippen LogP contribution < -0.4 is 0 Å². The smallest absolute Gasteiger partial charge is 0.333 e. The van der Waals surface area contributed by atoms with Crippen molar-refractivity contribution in [3.8, 4) is 11.4 Å². The number of esters is 1. The lowest BCUT2D eigenvalue weighted by atomic mass is 10.1. The van der Waals surface area contributed by atoms with Crippen LogP contribution in [0.25, 0.3) is 16.7 Å². The molecule has 0 saturated carbocycles. The van der Waals surface area contributed by atoms with Crippen LogP contribution >= 0.6 is 0 Å². The van der Waals surface area contributed by atoms with Crippen LogP contribution in [0.2, 0.25) is 0 Å². The van der Waals surface area contributed by atoms with Gasteiger partial charge in [0.2, 0.25) is 0 Å². The number of phenolic OH excluding ortho intramolecular Hbond substituents is 1. The van der Waals surface area contributed by atoms with E-state index in [2.05, 4.69) is 16.8 Å². The number of hydrogen-bond donors (Lipinski definition) is 1. The number of aromatic hydroxyl groups is 1. The zero-order chi connectivity index (χ0) is 17.1. The lowest BCUT2D eigenvalue weighted by molar-refractivity contribution is -0.138. The molecule has 1 aromatic heterocycles. The summed E-state index contributed by atoms with van der Waals surface area (Å²) in [5, 5.41) is 19.2. The van der Waals surface area contributed by atoms with E-state index in [1.807, 2.05) is 24.3 Å². The van der Waals surface area contributed by atoms with Gasteiger partial charge in [-0.1, -0.05) is 30.8 Å². The number of aromatic nitrogens is 3. The Morgan fingerprint density at radius 1 is 1.17 bits per heavy atom. The van der Waals surface area contributed by atoms with Crippen molar-refractivity contribution in [1.29, 1.82) is 0 Å². The average molecular weight is 323 g/mol.